The van der Waals surface area contributed by atoms with E-state index < -0.39 is 5.82 Å². The number of carbonyl (C=O) groups excluding carboxylic acids is 1. The van der Waals surface area contributed by atoms with Crippen LogP contribution in [0.3, 0.4) is 0 Å². The number of ether oxygens (including phenoxy) is 1. The van der Waals surface area contributed by atoms with Crippen molar-refractivity contribution in [2.75, 3.05) is 17.7 Å². The summed E-state index contributed by atoms with van der Waals surface area (Å²) in [5, 5.41) is 2.76. The molecular formula is C16H17FN2O2. The van der Waals surface area contributed by atoms with Gasteiger partial charge in [0.2, 0.25) is 5.91 Å². The van der Waals surface area contributed by atoms with Gasteiger partial charge in [0.15, 0.2) is 11.6 Å². The monoisotopic (exact) mass is 288 g/mol. The van der Waals surface area contributed by atoms with Crippen molar-refractivity contribution >= 4 is 17.3 Å². The second-order valence-corrected chi connectivity index (χ2v) is 4.55. The fourth-order valence-corrected chi connectivity index (χ4v) is 1.77. The number of anilines is 2. The zero-order valence-electron chi connectivity index (χ0n) is 11.5. The number of amides is 1. The number of para-hydroxylation sites is 1. The van der Waals surface area contributed by atoms with E-state index in [9.17, 15) is 9.18 Å². The third-order valence-electron chi connectivity index (χ3n) is 2.84. The van der Waals surface area contributed by atoms with E-state index in [1.807, 2.05) is 0 Å². The van der Waals surface area contributed by atoms with Crippen LogP contribution in [-0.4, -0.2) is 12.5 Å². The minimum absolute atomic E-state index is 0.114. The van der Waals surface area contributed by atoms with E-state index in [2.05, 4.69) is 5.32 Å². The normalized spacial score (nSPS) is 10.1. The van der Waals surface area contributed by atoms with Crippen molar-refractivity contribution in [3.63, 3.8) is 0 Å². The summed E-state index contributed by atoms with van der Waals surface area (Å²) in [6.07, 6.45) is 0.813. The largest absolute Gasteiger partial charge is 0.491 e. The van der Waals surface area contributed by atoms with Gasteiger partial charge in [0, 0.05) is 17.8 Å². The average molecular weight is 288 g/mol. The van der Waals surface area contributed by atoms with Crippen LogP contribution in [0.5, 0.6) is 5.75 Å². The number of halogens is 1. The van der Waals surface area contributed by atoms with E-state index in [-0.39, 0.29) is 18.3 Å². The number of carbonyl (C=O) groups is 1. The molecule has 0 aliphatic heterocycles. The van der Waals surface area contributed by atoms with Crippen molar-refractivity contribution in [3.8, 4) is 5.75 Å². The van der Waals surface area contributed by atoms with Crippen molar-refractivity contribution in [2.45, 2.75) is 12.8 Å². The van der Waals surface area contributed by atoms with E-state index in [1.54, 1.807) is 42.5 Å². The quantitative estimate of drug-likeness (QED) is 0.633. The highest BCUT2D eigenvalue weighted by atomic mass is 19.1. The second kappa shape index (κ2) is 7.28. The van der Waals surface area contributed by atoms with E-state index in [0.717, 1.165) is 0 Å². The Hall–Kier alpha value is -2.56. The van der Waals surface area contributed by atoms with E-state index in [4.69, 9.17) is 10.5 Å². The van der Waals surface area contributed by atoms with Crippen molar-refractivity contribution in [3.05, 3.63) is 54.3 Å². The minimum Gasteiger partial charge on any atom is -0.491 e. The van der Waals surface area contributed by atoms with Gasteiger partial charge in [0.25, 0.3) is 0 Å². The van der Waals surface area contributed by atoms with Gasteiger partial charge in [-0.15, -0.1) is 0 Å². The van der Waals surface area contributed by atoms with Crippen LogP contribution in [0.25, 0.3) is 0 Å². The summed E-state index contributed by atoms with van der Waals surface area (Å²) < 4.78 is 18.6. The maximum atomic E-state index is 13.3. The molecule has 0 bridgehead atoms. The lowest BCUT2D eigenvalue weighted by Crippen LogP contribution is -2.12. The van der Waals surface area contributed by atoms with Crippen molar-refractivity contribution in [1.82, 2.24) is 0 Å². The summed E-state index contributed by atoms with van der Waals surface area (Å²) in [6.45, 7) is 0.288. The third-order valence-corrected chi connectivity index (χ3v) is 2.84. The molecule has 0 saturated heterocycles. The molecule has 0 aromatic heterocycles. The van der Waals surface area contributed by atoms with E-state index >= 15 is 0 Å². The molecule has 0 fully saturated rings. The third kappa shape index (κ3) is 4.80. The summed E-state index contributed by atoms with van der Waals surface area (Å²) in [6, 6.07) is 13.1. The highest BCUT2D eigenvalue weighted by Gasteiger charge is 2.04. The fraction of sp³-hybridized carbons (Fsp3) is 0.188. The Bertz CT molecular complexity index is 599. The first kappa shape index (κ1) is 14.8. The Morgan fingerprint density at radius 3 is 2.57 bits per heavy atom. The topological polar surface area (TPSA) is 64.3 Å². The van der Waals surface area contributed by atoms with Crippen LogP contribution >= 0.6 is 0 Å². The molecule has 21 heavy (non-hydrogen) atoms. The average Bonchev–Trinajstić information content (AvgIpc) is 2.48. The van der Waals surface area contributed by atoms with Crippen LogP contribution in [0.4, 0.5) is 15.8 Å². The predicted octanol–water partition coefficient (Wildman–Crippen LogP) is 3.21. The zero-order chi connectivity index (χ0) is 15.1. The van der Waals surface area contributed by atoms with E-state index in [1.165, 1.54) is 6.07 Å². The maximum absolute atomic E-state index is 13.3. The molecule has 2 aromatic carbocycles. The number of hydrogen-bond donors (Lipinski definition) is 2. The van der Waals surface area contributed by atoms with Crippen molar-refractivity contribution in [1.29, 1.82) is 0 Å². The number of nitrogen functional groups attached to an aromatic ring is 1. The molecule has 0 aliphatic carbocycles. The van der Waals surface area contributed by atoms with Crippen molar-refractivity contribution in [2.24, 2.45) is 0 Å². The first-order valence-electron chi connectivity index (χ1n) is 6.68. The van der Waals surface area contributed by atoms with Gasteiger partial charge in [0.1, 0.15) is 0 Å². The Morgan fingerprint density at radius 1 is 1.14 bits per heavy atom. The lowest BCUT2D eigenvalue weighted by atomic mass is 10.2. The summed E-state index contributed by atoms with van der Waals surface area (Å²) in [7, 11) is 0. The molecule has 3 N–H and O–H groups in total. The fourth-order valence-electron chi connectivity index (χ4n) is 1.77. The molecule has 0 aliphatic rings. The van der Waals surface area contributed by atoms with E-state index in [0.29, 0.717) is 24.2 Å². The number of rotatable bonds is 6. The SMILES string of the molecule is Nc1ccc(NC(=O)CCCOc2ccccc2F)cc1. The van der Waals surface area contributed by atoms with Gasteiger partial charge in [-0.2, -0.15) is 0 Å². The Balaban J connectivity index is 1.70. The van der Waals surface area contributed by atoms with Gasteiger partial charge >= 0.3 is 0 Å². The Kier molecular flexibility index (Phi) is 5.15. The Morgan fingerprint density at radius 2 is 1.86 bits per heavy atom. The van der Waals surface area contributed by atoms with Gasteiger partial charge in [-0.3, -0.25) is 4.79 Å². The lowest BCUT2D eigenvalue weighted by molar-refractivity contribution is -0.116. The van der Waals surface area contributed by atoms with Crippen LogP contribution in [0.15, 0.2) is 48.5 Å². The molecule has 4 nitrogen and oxygen atoms in total. The summed E-state index contributed by atoms with van der Waals surface area (Å²) in [4.78, 5) is 11.7. The molecule has 0 saturated carbocycles. The number of nitrogens with one attached hydrogen (secondary N) is 1. The molecule has 1 amide bonds. The zero-order valence-corrected chi connectivity index (χ0v) is 11.5. The maximum Gasteiger partial charge on any atom is 0.224 e. The van der Waals surface area contributed by atoms with Gasteiger partial charge in [0.05, 0.1) is 6.61 Å². The van der Waals surface area contributed by atoms with Gasteiger partial charge < -0.3 is 15.8 Å². The number of nitrogens with two attached hydrogens (primary N) is 1. The van der Waals surface area contributed by atoms with Crippen LogP contribution in [0.2, 0.25) is 0 Å². The molecule has 5 heteroatoms. The number of hydrogen-bond acceptors (Lipinski definition) is 3. The van der Waals surface area contributed by atoms with Gasteiger partial charge in [-0.1, -0.05) is 12.1 Å². The lowest BCUT2D eigenvalue weighted by Gasteiger charge is -2.08. The predicted molar refractivity (Wildman–Crippen MR) is 80.6 cm³/mol. The first-order chi connectivity index (χ1) is 10.1. The molecule has 0 spiro atoms. The van der Waals surface area contributed by atoms with Crippen LogP contribution in [0.1, 0.15) is 12.8 Å². The molecule has 0 heterocycles. The highest BCUT2D eigenvalue weighted by Crippen LogP contribution is 2.16. The highest BCUT2D eigenvalue weighted by molar-refractivity contribution is 5.90. The summed E-state index contributed by atoms with van der Waals surface area (Å²) >= 11 is 0. The molecule has 110 valence electrons. The smallest absolute Gasteiger partial charge is 0.224 e. The molecular weight excluding hydrogens is 271 g/mol. The molecule has 2 rings (SSSR count). The summed E-state index contributed by atoms with van der Waals surface area (Å²) in [5.74, 6) is -0.308. The second-order valence-electron chi connectivity index (χ2n) is 4.55. The molecule has 2 aromatic rings. The van der Waals surface area contributed by atoms with Gasteiger partial charge in [-0.05, 0) is 42.8 Å². The van der Waals surface area contributed by atoms with Crippen LogP contribution in [-0.2, 0) is 4.79 Å². The minimum atomic E-state index is -0.399. The van der Waals surface area contributed by atoms with Crippen LogP contribution in [0, 0.1) is 5.82 Å². The van der Waals surface area contributed by atoms with Crippen molar-refractivity contribution < 1.29 is 13.9 Å². The molecule has 0 atom stereocenters. The molecule has 0 unspecified atom stereocenters. The molecule has 0 radical (unpaired) electrons. The Labute approximate surface area is 122 Å². The van der Waals surface area contributed by atoms with Gasteiger partial charge in [-0.25, -0.2) is 4.39 Å². The first-order valence-corrected chi connectivity index (χ1v) is 6.68. The summed E-state index contributed by atoms with van der Waals surface area (Å²) in [5.41, 5.74) is 6.91. The van der Waals surface area contributed by atoms with Crippen LogP contribution < -0.4 is 15.8 Å². The number of benzene rings is 2. The standard InChI is InChI=1S/C16H17FN2O2/c17-14-4-1-2-5-15(14)21-11-3-6-16(20)19-13-9-7-12(18)8-10-13/h1-2,4-5,7-10H,3,6,11,18H2,(H,19,20).